The number of aliphatic carboxylic acids is 1. The van der Waals surface area contributed by atoms with Gasteiger partial charge in [-0.1, -0.05) is 0 Å². The molecule has 2 heterocycles. The number of ether oxygens (including phenoxy) is 2. The maximum atomic E-state index is 13.0. The summed E-state index contributed by atoms with van der Waals surface area (Å²) in [7, 11) is 0. The van der Waals surface area contributed by atoms with Crippen molar-refractivity contribution in [1.82, 2.24) is 4.90 Å². The molecule has 1 aromatic carbocycles. The molecule has 0 saturated carbocycles. The molecule has 1 amide bonds. The van der Waals surface area contributed by atoms with Gasteiger partial charge in [0.15, 0.2) is 11.5 Å². The first-order chi connectivity index (χ1) is 12.4. The van der Waals surface area contributed by atoms with E-state index in [1.165, 1.54) is 6.07 Å². The SMILES string of the molecule is O=C(CN1C[C@@H](C(F)(F)F)[C@H](C(=O)O)C1)Nc1ccc2c(c1)OC(F)(F)O2. The predicted octanol–water partition coefficient (Wildman–Crippen LogP) is 2.14. The molecule has 12 heteroatoms. The normalized spacial score (nSPS) is 24.0. The summed E-state index contributed by atoms with van der Waals surface area (Å²) in [6.07, 6.45) is -8.52. The lowest BCUT2D eigenvalue weighted by atomic mass is 9.96. The van der Waals surface area contributed by atoms with Crippen molar-refractivity contribution in [1.29, 1.82) is 0 Å². The summed E-state index contributed by atoms with van der Waals surface area (Å²) in [6, 6.07) is 3.47. The van der Waals surface area contributed by atoms with E-state index < -0.39 is 55.8 Å². The van der Waals surface area contributed by atoms with Crippen molar-refractivity contribution in [3.63, 3.8) is 0 Å². The molecule has 0 aromatic heterocycles. The van der Waals surface area contributed by atoms with Crippen LogP contribution in [0, 0.1) is 11.8 Å². The fourth-order valence-corrected chi connectivity index (χ4v) is 3.03. The van der Waals surface area contributed by atoms with Gasteiger partial charge in [-0.25, -0.2) is 0 Å². The van der Waals surface area contributed by atoms with E-state index in [2.05, 4.69) is 14.8 Å². The van der Waals surface area contributed by atoms with Crippen LogP contribution in [0.2, 0.25) is 0 Å². The van der Waals surface area contributed by atoms with Crippen LogP contribution >= 0.6 is 0 Å². The number of carboxylic acids is 1. The Kier molecular flexibility index (Phi) is 4.62. The van der Waals surface area contributed by atoms with Gasteiger partial charge in [-0.05, 0) is 12.1 Å². The van der Waals surface area contributed by atoms with E-state index in [4.69, 9.17) is 5.11 Å². The molecule has 0 spiro atoms. The maximum Gasteiger partial charge on any atom is 0.586 e. The highest BCUT2D eigenvalue weighted by Gasteiger charge is 2.52. The van der Waals surface area contributed by atoms with Crippen LogP contribution in [0.4, 0.5) is 27.6 Å². The van der Waals surface area contributed by atoms with Gasteiger partial charge in [0.05, 0.1) is 18.4 Å². The van der Waals surface area contributed by atoms with Gasteiger partial charge in [0.2, 0.25) is 5.91 Å². The molecule has 3 rings (SSSR count). The van der Waals surface area contributed by atoms with Crippen LogP contribution in [0.25, 0.3) is 0 Å². The highest BCUT2D eigenvalue weighted by molar-refractivity contribution is 5.92. The molecule has 2 N–H and O–H groups in total. The average molecular weight is 396 g/mol. The van der Waals surface area contributed by atoms with Crippen molar-refractivity contribution in [2.24, 2.45) is 11.8 Å². The number of hydrogen-bond donors (Lipinski definition) is 2. The Balaban J connectivity index is 1.61. The molecule has 2 aliphatic rings. The lowest BCUT2D eigenvalue weighted by molar-refractivity contribution is -0.286. The van der Waals surface area contributed by atoms with Gasteiger partial charge < -0.3 is 19.9 Å². The van der Waals surface area contributed by atoms with Crippen molar-refractivity contribution >= 4 is 17.6 Å². The fraction of sp³-hybridized carbons (Fsp3) is 0.467. The van der Waals surface area contributed by atoms with Crippen LogP contribution in [0.3, 0.4) is 0 Å². The topological polar surface area (TPSA) is 88.1 Å². The Morgan fingerprint density at radius 2 is 1.89 bits per heavy atom. The Bertz CT molecular complexity index is 769. The van der Waals surface area contributed by atoms with Crippen molar-refractivity contribution in [2.45, 2.75) is 12.5 Å². The standard InChI is InChI=1S/C15H13F5N2O5/c16-14(17,18)9-5-22(4-8(9)13(24)25)6-12(23)21-7-1-2-10-11(3-7)27-15(19,20)26-10/h1-3,8-9H,4-6H2,(H,21,23)(H,24,25)/t8-,9-/m1/s1. The molecule has 1 saturated heterocycles. The van der Waals surface area contributed by atoms with Gasteiger partial charge in [-0.15, -0.1) is 8.78 Å². The quantitative estimate of drug-likeness (QED) is 0.759. The number of anilines is 1. The van der Waals surface area contributed by atoms with Gasteiger partial charge in [-0.3, -0.25) is 14.5 Å². The van der Waals surface area contributed by atoms with Gasteiger partial charge in [0.1, 0.15) is 0 Å². The number of amides is 1. The molecule has 0 radical (unpaired) electrons. The Labute approximate surface area is 148 Å². The van der Waals surface area contributed by atoms with Crippen LogP contribution in [0.5, 0.6) is 11.5 Å². The summed E-state index contributed by atoms with van der Waals surface area (Å²) in [5.74, 6) is -6.58. The zero-order valence-corrected chi connectivity index (χ0v) is 13.4. The summed E-state index contributed by atoms with van der Waals surface area (Å²) >= 11 is 0. The van der Waals surface area contributed by atoms with Crippen LogP contribution in [-0.2, 0) is 9.59 Å². The Hall–Kier alpha value is -2.63. The summed E-state index contributed by atoms with van der Waals surface area (Å²) in [4.78, 5) is 24.1. The van der Waals surface area contributed by atoms with E-state index in [0.717, 1.165) is 17.0 Å². The van der Waals surface area contributed by atoms with Crippen LogP contribution < -0.4 is 14.8 Å². The second kappa shape index (κ2) is 6.51. The van der Waals surface area contributed by atoms with Gasteiger partial charge in [0.25, 0.3) is 0 Å². The highest BCUT2D eigenvalue weighted by atomic mass is 19.4. The molecule has 2 aliphatic heterocycles. The zero-order chi connectivity index (χ0) is 20.0. The number of nitrogens with one attached hydrogen (secondary N) is 1. The minimum absolute atomic E-state index is 0.0707. The van der Waals surface area contributed by atoms with Crippen molar-refractivity contribution in [3.8, 4) is 11.5 Å². The van der Waals surface area contributed by atoms with Crippen LogP contribution in [-0.4, -0.2) is 54.0 Å². The number of halogens is 5. The first kappa shape index (κ1) is 19.1. The molecule has 1 fully saturated rings. The number of alkyl halides is 5. The number of hydrogen-bond acceptors (Lipinski definition) is 5. The van der Waals surface area contributed by atoms with E-state index in [-0.39, 0.29) is 17.2 Å². The lowest BCUT2D eigenvalue weighted by Crippen LogP contribution is -2.34. The number of likely N-dealkylation sites (tertiary alicyclic amines) is 1. The molecule has 27 heavy (non-hydrogen) atoms. The van der Waals surface area contributed by atoms with Crippen LogP contribution in [0.15, 0.2) is 18.2 Å². The second-order valence-corrected chi connectivity index (χ2v) is 6.16. The minimum Gasteiger partial charge on any atom is -0.481 e. The summed E-state index contributed by atoms with van der Waals surface area (Å²) in [5, 5.41) is 11.3. The number of carbonyl (C=O) groups is 2. The molecule has 2 atom stereocenters. The molecule has 7 nitrogen and oxygen atoms in total. The van der Waals surface area contributed by atoms with Crippen LogP contribution in [0.1, 0.15) is 0 Å². The number of rotatable bonds is 4. The third-order valence-electron chi connectivity index (χ3n) is 4.19. The van der Waals surface area contributed by atoms with Crippen molar-refractivity contribution < 1.29 is 46.1 Å². The summed E-state index contributed by atoms with van der Waals surface area (Å²) in [5.41, 5.74) is 0.0707. The maximum absolute atomic E-state index is 13.0. The van der Waals surface area contributed by atoms with E-state index in [9.17, 15) is 31.5 Å². The first-order valence-corrected chi connectivity index (χ1v) is 7.66. The first-order valence-electron chi connectivity index (χ1n) is 7.66. The van der Waals surface area contributed by atoms with E-state index >= 15 is 0 Å². The number of benzene rings is 1. The summed E-state index contributed by atoms with van der Waals surface area (Å²) < 4.78 is 73.2. The molecule has 0 unspecified atom stereocenters. The van der Waals surface area contributed by atoms with Gasteiger partial charge in [0, 0.05) is 24.8 Å². The number of carbonyl (C=O) groups excluding carboxylic acids is 1. The number of fused-ring (bicyclic) bond motifs is 1. The van der Waals surface area contributed by atoms with E-state index in [0.29, 0.717) is 0 Å². The van der Waals surface area contributed by atoms with Crippen molar-refractivity contribution in [2.75, 3.05) is 25.0 Å². The smallest absolute Gasteiger partial charge is 0.481 e. The zero-order valence-electron chi connectivity index (χ0n) is 13.4. The third-order valence-corrected chi connectivity index (χ3v) is 4.19. The number of carboxylic acid groups (broad SMARTS) is 1. The third kappa shape index (κ3) is 4.21. The Morgan fingerprint density at radius 1 is 1.22 bits per heavy atom. The lowest BCUT2D eigenvalue weighted by Gasteiger charge is -2.18. The highest BCUT2D eigenvalue weighted by Crippen LogP contribution is 2.42. The van der Waals surface area contributed by atoms with Gasteiger partial charge in [-0.2, -0.15) is 13.2 Å². The van der Waals surface area contributed by atoms with E-state index in [1.807, 2.05) is 0 Å². The number of nitrogens with zero attached hydrogens (tertiary/aromatic N) is 1. The molecule has 0 bridgehead atoms. The van der Waals surface area contributed by atoms with Gasteiger partial charge >= 0.3 is 18.4 Å². The molecular weight excluding hydrogens is 383 g/mol. The predicted molar refractivity (Wildman–Crippen MR) is 78.4 cm³/mol. The van der Waals surface area contributed by atoms with E-state index in [1.54, 1.807) is 0 Å². The monoisotopic (exact) mass is 396 g/mol. The molecule has 148 valence electrons. The largest absolute Gasteiger partial charge is 0.586 e. The average Bonchev–Trinajstić information content (AvgIpc) is 3.05. The minimum atomic E-state index is -4.70. The van der Waals surface area contributed by atoms with Crippen molar-refractivity contribution in [3.05, 3.63) is 18.2 Å². The summed E-state index contributed by atoms with van der Waals surface area (Å²) in [6.45, 7) is -1.54. The molecule has 0 aliphatic carbocycles. The fourth-order valence-electron chi connectivity index (χ4n) is 3.03. The second-order valence-electron chi connectivity index (χ2n) is 6.16. The molecular formula is C15H13F5N2O5. The molecule has 1 aromatic rings. The Morgan fingerprint density at radius 3 is 2.48 bits per heavy atom.